The number of benzene rings is 1. The molecule has 1 saturated heterocycles. The van der Waals surface area contributed by atoms with Crippen molar-refractivity contribution in [3.63, 3.8) is 0 Å². The van der Waals surface area contributed by atoms with E-state index in [0.29, 0.717) is 5.56 Å². The van der Waals surface area contributed by atoms with Gasteiger partial charge in [-0.3, -0.25) is 0 Å². The summed E-state index contributed by atoms with van der Waals surface area (Å²) in [6.07, 6.45) is 1.78. The average Bonchev–Trinajstić information content (AvgIpc) is 2.60. The van der Waals surface area contributed by atoms with Crippen LogP contribution in [0.3, 0.4) is 0 Å². The Kier molecular flexibility index (Phi) is 2.69. The van der Waals surface area contributed by atoms with Crippen LogP contribution >= 0.6 is 11.6 Å². The van der Waals surface area contributed by atoms with Crippen LogP contribution in [0.25, 0.3) is 0 Å². The molecule has 1 aliphatic rings. The van der Waals surface area contributed by atoms with Crippen molar-refractivity contribution in [1.29, 1.82) is 0 Å². The molecule has 1 fully saturated rings. The molecule has 0 bridgehead atoms. The van der Waals surface area contributed by atoms with E-state index in [-0.39, 0.29) is 5.02 Å². The van der Waals surface area contributed by atoms with E-state index in [9.17, 15) is 8.78 Å². The smallest absolute Gasteiger partial charge is 0.142 e. The van der Waals surface area contributed by atoms with Crippen LogP contribution in [-0.4, -0.2) is 6.54 Å². The summed E-state index contributed by atoms with van der Waals surface area (Å²) in [5.74, 6) is -1.01. The van der Waals surface area contributed by atoms with Crippen LogP contribution in [-0.2, 0) is 5.54 Å². The van der Waals surface area contributed by atoms with E-state index in [4.69, 9.17) is 11.6 Å². The molecule has 82 valence electrons. The Hall–Kier alpha value is -0.670. The van der Waals surface area contributed by atoms with Crippen molar-refractivity contribution in [3.8, 4) is 0 Å². The molecule has 0 spiro atoms. The highest BCUT2D eigenvalue weighted by Crippen LogP contribution is 2.33. The van der Waals surface area contributed by atoms with Gasteiger partial charge in [0.05, 0.1) is 5.02 Å². The van der Waals surface area contributed by atoms with Crippen molar-refractivity contribution in [2.75, 3.05) is 6.54 Å². The van der Waals surface area contributed by atoms with Crippen LogP contribution in [0.1, 0.15) is 25.3 Å². The summed E-state index contributed by atoms with van der Waals surface area (Å²) in [5.41, 5.74) is -0.0999. The Bertz CT molecular complexity index is 386. The highest BCUT2D eigenvalue weighted by Gasteiger charge is 2.33. The SMILES string of the molecule is CC1(c2cc(F)c(Cl)cc2F)CCCN1. The number of hydrogen-bond donors (Lipinski definition) is 1. The minimum Gasteiger partial charge on any atom is -0.308 e. The fourth-order valence-electron chi connectivity index (χ4n) is 2.07. The number of rotatable bonds is 1. The highest BCUT2D eigenvalue weighted by atomic mass is 35.5. The summed E-state index contributed by atoms with van der Waals surface area (Å²) in [4.78, 5) is 0. The first-order valence-electron chi connectivity index (χ1n) is 4.93. The van der Waals surface area contributed by atoms with Gasteiger partial charge >= 0.3 is 0 Å². The molecule has 2 rings (SSSR count). The predicted molar refractivity (Wildman–Crippen MR) is 56.0 cm³/mol. The first-order valence-corrected chi connectivity index (χ1v) is 5.31. The minimum atomic E-state index is -0.567. The normalized spacial score (nSPS) is 25.9. The van der Waals surface area contributed by atoms with Crippen molar-refractivity contribution in [1.82, 2.24) is 5.32 Å². The summed E-state index contributed by atoms with van der Waals surface area (Å²) in [7, 11) is 0. The van der Waals surface area contributed by atoms with Crippen molar-refractivity contribution in [2.24, 2.45) is 0 Å². The van der Waals surface area contributed by atoms with Crippen molar-refractivity contribution in [3.05, 3.63) is 34.4 Å². The fraction of sp³-hybridized carbons (Fsp3) is 0.455. The van der Waals surface area contributed by atoms with Gasteiger partial charge in [0.2, 0.25) is 0 Å². The first kappa shape index (κ1) is 10.8. The van der Waals surface area contributed by atoms with Gasteiger partial charge < -0.3 is 5.32 Å². The van der Waals surface area contributed by atoms with Crippen molar-refractivity contribution in [2.45, 2.75) is 25.3 Å². The molecule has 1 N–H and O–H groups in total. The Morgan fingerprint density at radius 3 is 2.67 bits per heavy atom. The lowest BCUT2D eigenvalue weighted by molar-refractivity contribution is 0.407. The molecule has 1 nitrogen and oxygen atoms in total. The van der Waals surface area contributed by atoms with Crippen LogP contribution in [0.15, 0.2) is 12.1 Å². The lowest BCUT2D eigenvalue weighted by Gasteiger charge is -2.25. The molecule has 1 unspecified atom stereocenters. The predicted octanol–water partition coefficient (Wildman–Crippen LogP) is 3.22. The molecule has 1 aliphatic heterocycles. The Morgan fingerprint density at radius 2 is 2.07 bits per heavy atom. The van der Waals surface area contributed by atoms with Crippen LogP contribution in [0, 0.1) is 11.6 Å². The highest BCUT2D eigenvalue weighted by molar-refractivity contribution is 6.30. The van der Waals surface area contributed by atoms with E-state index >= 15 is 0 Å². The van der Waals surface area contributed by atoms with Gasteiger partial charge in [0, 0.05) is 11.1 Å². The van der Waals surface area contributed by atoms with Crippen molar-refractivity contribution < 1.29 is 8.78 Å². The Morgan fingerprint density at radius 1 is 1.33 bits per heavy atom. The summed E-state index contributed by atoms with van der Waals surface area (Å²) in [6, 6.07) is 2.23. The van der Waals surface area contributed by atoms with E-state index in [2.05, 4.69) is 5.32 Å². The third-order valence-electron chi connectivity index (χ3n) is 2.97. The van der Waals surface area contributed by atoms with Gasteiger partial charge in [-0.05, 0) is 38.4 Å². The zero-order valence-electron chi connectivity index (χ0n) is 8.41. The largest absolute Gasteiger partial charge is 0.308 e. The van der Waals surface area contributed by atoms with Crippen LogP contribution < -0.4 is 5.32 Å². The van der Waals surface area contributed by atoms with E-state index in [1.165, 1.54) is 6.07 Å². The molecule has 1 aromatic rings. The topological polar surface area (TPSA) is 12.0 Å². The van der Waals surface area contributed by atoms with E-state index < -0.39 is 17.2 Å². The molecule has 0 aliphatic carbocycles. The van der Waals surface area contributed by atoms with E-state index in [0.717, 1.165) is 25.5 Å². The molecule has 1 aromatic carbocycles. The summed E-state index contributed by atoms with van der Waals surface area (Å²) in [6.45, 7) is 2.71. The molecule has 1 heterocycles. The second-order valence-electron chi connectivity index (χ2n) is 4.11. The van der Waals surface area contributed by atoms with Gasteiger partial charge in [-0.1, -0.05) is 11.6 Å². The van der Waals surface area contributed by atoms with Crippen LogP contribution in [0.4, 0.5) is 8.78 Å². The lowest BCUT2D eigenvalue weighted by atomic mass is 9.90. The van der Waals surface area contributed by atoms with Gasteiger partial charge in [-0.25, -0.2) is 8.78 Å². The average molecular weight is 232 g/mol. The zero-order valence-corrected chi connectivity index (χ0v) is 9.17. The molecule has 1 atom stereocenters. The maximum absolute atomic E-state index is 13.6. The summed E-state index contributed by atoms with van der Waals surface area (Å²) in [5, 5.41) is 3.02. The molecule has 0 aromatic heterocycles. The molecule has 0 radical (unpaired) electrons. The fourth-order valence-corrected chi connectivity index (χ4v) is 2.22. The third kappa shape index (κ3) is 1.86. The van der Waals surface area contributed by atoms with Crippen LogP contribution in [0.2, 0.25) is 5.02 Å². The first-order chi connectivity index (χ1) is 7.03. The zero-order chi connectivity index (χ0) is 11.1. The molecule has 0 amide bonds. The van der Waals surface area contributed by atoms with Crippen molar-refractivity contribution >= 4 is 11.6 Å². The third-order valence-corrected chi connectivity index (χ3v) is 3.26. The van der Waals surface area contributed by atoms with Gasteiger partial charge in [-0.2, -0.15) is 0 Å². The number of nitrogens with one attached hydrogen (secondary N) is 1. The molecular weight excluding hydrogens is 220 g/mol. The summed E-state index contributed by atoms with van der Waals surface area (Å²) < 4.78 is 26.9. The Labute approximate surface area is 92.4 Å². The standard InChI is InChI=1S/C11H12ClF2N/c1-11(3-2-4-15-11)7-5-10(14)8(12)6-9(7)13/h5-6,15H,2-4H2,1H3. The maximum atomic E-state index is 13.6. The minimum absolute atomic E-state index is 0.169. The molecule has 4 heteroatoms. The monoisotopic (exact) mass is 231 g/mol. The molecule has 15 heavy (non-hydrogen) atoms. The second-order valence-corrected chi connectivity index (χ2v) is 4.52. The summed E-state index contributed by atoms with van der Waals surface area (Å²) >= 11 is 5.50. The van der Waals surface area contributed by atoms with Gasteiger partial charge in [0.1, 0.15) is 11.6 Å². The lowest BCUT2D eigenvalue weighted by Crippen LogP contribution is -2.34. The maximum Gasteiger partial charge on any atom is 0.142 e. The quantitative estimate of drug-likeness (QED) is 0.732. The molecule has 0 saturated carbocycles. The van der Waals surface area contributed by atoms with Gasteiger partial charge in [-0.15, -0.1) is 0 Å². The van der Waals surface area contributed by atoms with Gasteiger partial charge in [0.25, 0.3) is 0 Å². The second kappa shape index (κ2) is 3.72. The number of halogens is 3. The van der Waals surface area contributed by atoms with Gasteiger partial charge in [0.15, 0.2) is 0 Å². The molecular formula is C11H12ClF2N. The van der Waals surface area contributed by atoms with E-state index in [1.54, 1.807) is 0 Å². The van der Waals surface area contributed by atoms with Crippen LogP contribution in [0.5, 0.6) is 0 Å². The van der Waals surface area contributed by atoms with E-state index in [1.807, 2.05) is 6.92 Å². The number of hydrogen-bond acceptors (Lipinski definition) is 1. The Balaban J connectivity index is 2.48.